The molecule has 3 heteroatoms. The van der Waals surface area contributed by atoms with E-state index in [1.165, 1.54) is 5.56 Å². The van der Waals surface area contributed by atoms with Gasteiger partial charge in [-0.05, 0) is 23.8 Å². The second-order valence-corrected chi connectivity index (χ2v) is 4.97. The van der Waals surface area contributed by atoms with E-state index in [0.717, 1.165) is 15.9 Å². The Morgan fingerprint density at radius 1 is 1.12 bits per heavy atom. The van der Waals surface area contributed by atoms with Crippen molar-refractivity contribution in [2.24, 2.45) is 0 Å². The average Bonchev–Trinajstić information content (AvgIpc) is 2.39. The van der Waals surface area contributed by atoms with Crippen molar-refractivity contribution in [2.75, 3.05) is 11.9 Å². The van der Waals surface area contributed by atoms with Crippen molar-refractivity contribution in [1.29, 1.82) is 0 Å². The van der Waals surface area contributed by atoms with Gasteiger partial charge in [-0.3, -0.25) is 0 Å². The fourth-order valence-corrected chi connectivity index (χ4v) is 2.37. The van der Waals surface area contributed by atoms with Crippen LogP contribution in [-0.2, 0) is 0 Å². The lowest BCUT2D eigenvalue weighted by Crippen LogP contribution is -2.23. The normalized spacial score (nSPS) is 17.8. The molecule has 0 radical (unpaired) electrons. The van der Waals surface area contributed by atoms with Crippen molar-refractivity contribution in [3.63, 3.8) is 0 Å². The van der Waals surface area contributed by atoms with Crippen LogP contribution in [0.4, 0.5) is 5.69 Å². The first-order valence-corrected chi connectivity index (χ1v) is 6.36. The number of anilines is 1. The van der Waals surface area contributed by atoms with Gasteiger partial charge in [-0.1, -0.05) is 46.3 Å². The Balaban J connectivity index is 1.90. The van der Waals surface area contributed by atoms with Gasteiger partial charge in [0.1, 0.15) is 12.4 Å². The minimum absolute atomic E-state index is 0.220. The summed E-state index contributed by atoms with van der Waals surface area (Å²) in [6, 6.07) is 16.6. The van der Waals surface area contributed by atoms with E-state index >= 15 is 0 Å². The Morgan fingerprint density at radius 2 is 1.94 bits per heavy atom. The van der Waals surface area contributed by atoms with Gasteiger partial charge in [0.15, 0.2) is 0 Å². The Labute approximate surface area is 109 Å². The first-order valence-electron chi connectivity index (χ1n) is 5.57. The monoisotopic (exact) mass is 289 g/mol. The number of hydrogen-bond acceptors (Lipinski definition) is 2. The molecular weight excluding hydrogens is 278 g/mol. The summed E-state index contributed by atoms with van der Waals surface area (Å²) in [5.74, 6) is 0.917. The third kappa shape index (κ3) is 2.15. The molecular formula is C14H12BrNO. The predicted octanol–water partition coefficient (Wildman–Crippen LogP) is 3.99. The summed E-state index contributed by atoms with van der Waals surface area (Å²) < 4.78 is 6.82. The van der Waals surface area contributed by atoms with Crippen molar-refractivity contribution >= 4 is 21.6 Å². The first-order chi connectivity index (χ1) is 8.33. The zero-order valence-electron chi connectivity index (χ0n) is 9.19. The first kappa shape index (κ1) is 10.7. The third-order valence-electron chi connectivity index (χ3n) is 2.88. The molecule has 0 spiro atoms. The Kier molecular flexibility index (Phi) is 2.77. The number of rotatable bonds is 1. The smallest absolute Gasteiger partial charge is 0.142 e. The van der Waals surface area contributed by atoms with Gasteiger partial charge in [-0.2, -0.15) is 0 Å². The molecule has 1 N–H and O–H groups in total. The zero-order valence-corrected chi connectivity index (χ0v) is 10.8. The zero-order chi connectivity index (χ0) is 11.7. The van der Waals surface area contributed by atoms with Crippen LogP contribution in [0.3, 0.4) is 0 Å². The van der Waals surface area contributed by atoms with Crippen molar-refractivity contribution in [1.82, 2.24) is 0 Å². The summed E-state index contributed by atoms with van der Waals surface area (Å²) in [4.78, 5) is 0. The molecule has 86 valence electrons. The van der Waals surface area contributed by atoms with Gasteiger partial charge in [-0.15, -0.1) is 0 Å². The molecule has 0 aromatic heterocycles. The van der Waals surface area contributed by atoms with Crippen molar-refractivity contribution in [2.45, 2.75) is 6.04 Å². The molecule has 1 atom stereocenters. The van der Waals surface area contributed by atoms with Gasteiger partial charge in [0.05, 0.1) is 11.7 Å². The van der Waals surface area contributed by atoms with E-state index in [1.807, 2.05) is 36.4 Å². The summed E-state index contributed by atoms with van der Waals surface area (Å²) in [5, 5.41) is 3.50. The highest BCUT2D eigenvalue weighted by molar-refractivity contribution is 9.10. The van der Waals surface area contributed by atoms with E-state index in [-0.39, 0.29) is 6.04 Å². The SMILES string of the molecule is Brc1ccc2c(c1)NC(c1ccccc1)CO2. The molecule has 0 aliphatic carbocycles. The molecule has 17 heavy (non-hydrogen) atoms. The van der Waals surface area contributed by atoms with Crippen LogP contribution in [0.1, 0.15) is 11.6 Å². The minimum atomic E-state index is 0.220. The van der Waals surface area contributed by atoms with Gasteiger partial charge in [0, 0.05) is 4.47 Å². The van der Waals surface area contributed by atoms with Gasteiger partial charge in [0.2, 0.25) is 0 Å². The van der Waals surface area contributed by atoms with Crippen LogP contribution in [-0.4, -0.2) is 6.61 Å². The molecule has 1 aliphatic rings. The molecule has 0 saturated carbocycles. The van der Waals surface area contributed by atoms with Gasteiger partial charge in [-0.25, -0.2) is 0 Å². The van der Waals surface area contributed by atoms with Crippen LogP contribution in [0.5, 0.6) is 5.75 Å². The molecule has 0 fully saturated rings. The van der Waals surface area contributed by atoms with Crippen molar-refractivity contribution in [3.8, 4) is 5.75 Å². The average molecular weight is 290 g/mol. The summed E-state index contributed by atoms with van der Waals surface area (Å²) in [5.41, 5.74) is 2.29. The second kappa shape index (κ2) is 4.41. The standard InChI is InChI=1S/C14H12BrNO/c15-11-6-7-14-12(8-11)16-13(9-17-14)10-4-2-1-3-5-10/h1-8,13,16H,9H2. The van der Waals surface area contributed by atoms with E-state index in [2.05, 4.69) is 33.4 Å². The molecule has 2 aromatic carbocycles. The minimum Gasteiger partial charge on any atom is -0.489 e. The molecule has 2 nitrogen and oxygen atoms in total. The van der Waals surface area contributed by atoms with Crippen LogP contribution in [0, 0.1) is 0 Å². The van der Waals surface area contributed by atoms with E-state index in [1.54, 1.807) is 0 Å². The van der Waals surface area contributed by atoms with Crippen LogP contribution in [0.2, 0.25) is 0 Å². The fraction of sp³-hybridized carbons (Fsp3) is 0.143. The largest absolute Gasteiger partial charge is 0.489 e. The summed E-state index contributed by atoms with van der Waals surface area (Å²) in [6.45, 7) is 0.665. The Bertz CT molecular complexity index is 527. The lowest BCUT2D eigenvalue weighted by Gasteiger charge is -2.27. The van der Waals surface area contributed by atoms with Crippen molar-refractivity contribution in [3.05, 3.63) is 58.6 Å². The third-order valence-corrected chi connectivity index (χ3v) is 3.37. The summed E-state index contributed by atoms with van der Waals surface area (Å²) in [6.07, 6.45) is 0. The number of nitrogens with one attached hydrogen (secondary N) is 1. The number of hydrogen-bond donors (Lipinski definition) is 1. The van der Waals surface area contributed by atoms with Gasteiger partial charge >= 0.3 is 0 Å². The highest BCUT2D eigenvalue weighted by Crippen LogP contribution is 2.35. The molecule has 3 rings (SSSR count). The van der Waals surface area contributed by atoms with Crippen LogP contribution in [0.25, 0.3) is 0 Å². The lowest BCUT2D eigenvalue weighted by atomic mass is 10.1. The maximum Gasteiger partial charge on any atom is 0.142 e. The Morgan fingerprint density at radius 3 is 2.76 bits per heavy atom. The molecule has 1 unspecified atom stereocenters. The fourth-order valence-electron chi connectivity index (χ4n) is 2.01. The molecule has 0 bridgehead atoms. The van der Waals surface area contributed by atoms with Gasteiger partial charge in [0.25, 0.3) is 0 Å². The molecule has 1 heterocycles. The van der Waals surface area contributed by atoms with Crippen molar-refractivity contribution < 1.29 is 4.74 Å². The number of benzene rings is 2. The lowest BCUT2D eigenvalue weighted by molar-refractivity contribution is 0.286. The Hall–Kier alpha value is -1.48. The molecule has 2 aromatic rings. The molecule has 0 saturated heterocycles. The maximum absolute atomic E-state index is 5.76. The van der Waals surface area contributed by atoms with Crippen LogP contribution < -0.4 is 10.1 Å². The predicted molar refractivity (Wildman–Crippen MR) is 72.4 cm³/mol. The second-order valence-electron chi connectivity index (χ2n) is 4.06. The number of ether oxygens (including phenoxy) is 1. The number of fused-ring (bicyclic) bond motifs is 1. The summed E-state index contributed by atoms with van der Waals surface area (Å²) >= 11 is 3.47. The van der Waals surface area contributed by atoms with E-state index in [9.17, 15) is 0 Å². The van der Waals surface area contributed by atoms with Gasteiger partial charge < -0.3 is 10.1 Å². The van der Waals surface area contributed by atoms with E-state index in [0.29, 0.717) is 6.61 Å². The van der Waals surface area contributed by atoms with Crippen LogP contribution >= 0.6 is 15.9 Å². The molecule has 0 amide bonds. The quantitative estimate of drug-likeness (QED) is 0.857. The topological polar surface area (TPSA) is 21.3 Å². The molecule has 1 aliphatic heterocycles. The van der Waals surface area contributed by atoms with Crippen LogP contribution in [0.15, 0.2) is 53.0 Å². The summed E-state index contributed by atoms with van der Waals surface area (Å²) in [7, 11) is 0. The maximum atomic E-state index is 5.76. The van der Waals surface area contributed by atoms with E-state index < -0.39 is 0 Å². The highest BCUT2D eigenvalue weighted by Gasteiger charge is 2.19. The highest BCUT2D eigenvalue weighted by atomic mass is 79.9. The number of halogens is 1. The van der Waals surface area contributed by atoms with E-state index in [4.69, 9.17) is 4.74 Å².